The summed E-state index contributed by atoms with van der Waals surface area (Å²) in [7, 11) is 0. The molecule has 6 heteroatoms. The van der Waals surface area contributed by atoms with E-state index in [1.165, 1.54) is 31.4 Å². The second-order valence-electron chi connectivity index (χ2n) is 6.61. The van der Waals surface area contributed by atoms with Gasteiger partial charge >= 0.3 is 0 Å². The maximum Gasteiger partial charge on any atom is 0.191 e. The molecular formula is C20H30IN5. The van der Waals surface area contributed by atoms with Gasteiger partial charge in [-0.05, 0) is 58.1 Å². The Labute approximate surface area is 173 Å². The van der Waals surface area contributed by atoms with Crippen molar-refractivity contribution in [2.24, 2.45) is 4.99 Å². The molecule has 0 aliphatic heterocycles. The molecular weight excluding hydrogens is 437 g/mol. The van der Waals surface area contributed by atoms with E-state index in [-0.39, 0.29) is 24.0 Å². The summed E-state index contributed by atoms with van der Waals surface area (Å²) >= 11 is 0. The van der Waals surface area contributed by atoms with Crippen LogP contribution in [0.1, 0.15) is 50.4 Å². The van der Waals surface area contributed by atoms with Gasteiger partial charge < -0.3 is 15.0 Å². The van der Waals surface area contributed by atoms with Gasteiger partial charge in [0.2, 0.25) is 0 Å². The average Bonchev–Trinajstić information content (AvgIpc) is 3.05. The number of allylic oxidation sites excluding steroid dienone is 1. The molecule has 26 heavy (non-hydrogen) atoms. The Balaban J connectivity index is 0.00000243. The smallest absolute Gasteiger partial charge is 0.191 e. The Morgan fingerprint density at radius 1 is 1.27 bits per heavy atom. The minimum absolute atomic E-state index is 0. The summed E-state index contributed by atoms with van der Waals surface area (Å²) < 4.78 is 2.11. The van der Waals surface area contributed by atoms with Gasteiger partial charge in [0.05, 0.1) is 12.2 Å². The highest BCUT2D eigenvalue weighted by Gasteiger charge is 2.05. The van der Waals surface area contributed by atoms with E-state index in [9.17, 15) is 0 Å². The van der Waals surface area contributed by atoms with Gasteiger partial charge in [-0.3, -0.25) is 0 Å². The predicted octanol–water partition coefficient (Wildman–Crippen LogP) is 4.21. The van der Waals surface area contributed by atoms with Gasteiger partial charge in [-0.15, -0.1) is 24.0 Å². The van der Waals surface area contributed by atoms with Crippen molar-refractivity contribution < 1.29 is 0 Å². The van der Waals surface area contributed by atoms with Gasteiger partial charge in [-0.25, -0.2) is 9.98 Å². The van der Waals surface area contributed by atoms with Crippen molar-refractivity contribution in [1.29, 1.82) is 0 Å². The summed E-state index contributed by atoms with van der Waals surface area (Å²) in [6.07, 6.45) is 10.8. The highest BCUT2D eigenvalue weighted by Crippen LogP contribution is 2.19. The maximum atomic E-state index is 4.69. The zero-order valence-corrected chi connectivity index (χ0v) is 18.1. The van der Waals surface area contributed by atoms with E-state index < -0.39 is 0 Å². The SMILES string of the molecule is CCNC(=NCc1cn2c(C)cccc2n1)NCCC1=CCCCC1.I. The molecule has 2 heterocycles. The lowest BCUT2D eigenvalue weighted by atomic mass is 9.97. The van der Waals surface area contributed by atoms with Crippen LogP contribution in [0.3, 0.4) is 0 Å². The fourth-order valence-corrected chi connectivity index (χ4v) is 3.25. The number of guanidine groups is 1. The minimum Gasteiger partial charge on any atom is -0.357 e. The number of aryl methyl sites for hydroxylation is 1. The molecule has 2 aromatic heterocycles. The van der Waals surface area contributed by atoms with Crippen molar-refractivity contribution in [3.8, 4) is 0 Å². The number of pyridine rings is 1. The number of halogens is 1. The lowest BCUT2D eigenvalue weighted by Crippen LogP contribution is -2.37. The second-order valence-corrected chi connectivity index (χ2v) is 6.61. The molecule has 0 unspecified atom stereocenters. The van der Waals surface area contributed by atoms with E-state index in [2.05, 4.69) is 52.2 Å². The molecule has 0 bridgehead atoms. The summed E-state index contributed by atoms with van der Waals surface area (Å²) in [5, 5.41) is 6.77. The molecule has 0 amide bonds. The molecule has 0 radical (unpaired) electrons. The van der Waals surface area contributed by atoms with Crippen LogP contribution in [-0.2, 0) is 6.54 Å². The Hall–Kier alpha value is -1.57. The molecule has 0 saturated heterocycles. The molecule has 142 valence electrons. The second kappa shape index (κ2) is 10.5. The molecule has 5 nitrogen and oxygen atoms in total. The first-order valence-corrected chi connectivity index (χ1v) is 9.40. The lowest BCUT2D eigenvalue weighted by Gasteiger charge is -2.15. The van der Waals surface area contributed by atoms with Crippen molar-refractivity contribution in [2.45, 2.75) is 52.5 Å². The van der Waals surface area contributed by atoms with Gasteiger partial charge in [0.1, 0.15) is 5.65 Å². The van der Waals surface area contributed by atoms with Crippen LogP contribution in [0.2, 0.25) is 0 Å². The van der Waals surface area contributed by atoms with Crippen molar-refractivity contribution in [3.05, 3.63) is 47.4 Å². The number of aliphatic imine (C=N–C) groups is 1. The average molecular weight is 467 g/mol. The fourth-order valence-electron chi connectivity index (χ4n) is 3.25. The number of rotatable bonds is 6. The highest BCUT2D eigenvalue weighted by molar-refractivity contribution is 14.0. The van der Waals surface area contributed by atoms with E-state index in [0.717, 1.165) is 36.8 Å². The largest absolute Gasteiger partial charge is 0.357 e. The number of nitrogens with one attached hydrogen (secondary N) is 2. The first kappa shape index (κ1) is 20.7. The van der Waals surface area contributed by atoms with Crippen LogP contribution in [0.4, 0.5) is 0 Å². The molecule has 1 aliphatic carbocycles. The van der Waals surface area contributed by atoms with Crippen LogP contribution >= 0.6 is 24.0 Å². The summed E-state index contributed by atoms with van der Waals surface area (Å²) in [6.45, 7) is 6.56. The maximum absolute atomic E-state index is 4.69. The van der Waals surface area contributed by atoms with E-state index in [0.29, 0.717) is 6.54 Å². The number of nitrogens with zero attached hydrogens (tertiary/aromatic N) is 3. The topological polar surface area (TPSA) is 53.7 Å². The number of fused-ring (bicyclic) bond motifs is 1. The summed E-state index contributed by atoms with van der Waals surface area (Å²) in [6, 6.07) is 6.16. The third-order valence-corrected chi connectivity index (χ3v) is 4.61. The molecule has 2 aromatic rings. The number of hydrogen-bond donors (Lipinski definition) is 2. The van der Waals surface area contributed by atoms with E-state index in [1.54, 1.807) is 5.57 Å². The lowest BCUT2D eigenvalue weighted by molar-refractivity contribution is 0.665. The Morgan fingerprint density at radius 3 is 2.88 bits per heavy atom. The zero-order chi connectivity index (χ0) is 17.5. The molecule has 2 N–H and O–H groups in total. The minimum atomic E-state index is 0. The molecule has 0 spiro atoms. The highest BCUT2D eigenvalue weighted by atomic mass is 127. The first-order chi connectivity index (χ1) is 12.3. The van der Waals surface area contributed by atoms with Gasteiger partial charge in [-0.2, -0.15) is 0 Å². The Morgan fingerprint density at radius 2 is 2.15 bits per heavy atom. The van der Waals surface area contributed by atoms with Gasteiger partial charge in [0.15, 0.2) is 5.96 Å². The third-order valence-electron chi connectivity index (χ3n) is 4.61. The van der Waals surface area contributed by atoms with Gasteiger partial charge in [-0.1, -0.05) is 17.7 Å². The summed E-state index contributed by atoms with van der Waals surface area (Å²) in [5.41, 5.74) is 4.74. The van der Waals surface area contributed by atoms with E-state index in [4.69, 9.17) is 4.99 Å². The predicted molar refractivity (Wildman–Crippen MR) is 119 cm³/mol. The molecule has 0 saturated carbocycles. The third kappa shape index (κ3) is 5.72. The van der Waals surface area contributed by atoms with Crippen molar-refractivity contribution >= 4 is 35.6 Å². The zero-order valence-electron chi connectivity index (χ0n) is 15.8. The van der Waals surface area contributed by atoms with Crippen LogP contribution in [0.15, 0.2) is 41.0 Å². The van der Waals surface area contributed by atoms with Crippen LogP contribution < -0.4 is 10.6 Å². The number of imidazole rings is 1. The van der Waals surface area contributed by atoms with Gasteiger partial charge in [0.25, 0.3) is 0 Å². The van der Waals surface area contributed by atoms with Crippen molar-refractivity contribution in [2.75, 3.05) is 13.1 Å². The monoisotopic (exact) mass is 467 g/mol. The number of hydrogen-bond acceptors (Lipinski definition) is 2. The fraction of sp³-hybridized carbons (Fsp3) is 0.500. The van der Waals surface area contributed by atoms with E-state index >= 15 is 0 Å². The molecule has 0 atom stereocenters. The van der Waals surface area contributed by atoms with Crippen LogP contribution in [0, 0.1) is 6.92 Å². The number of aromatic nitrogens is 2. The quantitative estimate of drug-likeness (QED) is 0.290. The van der Waals surface area contributed by atoms with Crippen LogP contribution in [-0.4, -0.2) is 28.4 Å². The molecule has 0 aromatic carbocycles. The Bertz CT molecular complexity index is 763. The first-order valence-electron chi connectivity index (χ1n) is 9.40. The van der Waals surface area contributed by atoms with Crippen LogP contribution in [0.5, 0.6) is 0 Å². The van der Waals surface area contributed by atoms with Crippen LogP contribution in [0.25, 0.3) is 5.65 Å². The van der Waals surface area contributed by atoms with E-state index in [1.807, 2.05) is 12.1 Å². The van der Waals surface area contributed by atoms with Crippen molar-refractivity contribution in [1.82, 2.24) is 20.0 Å². The molecule has 0 fully saturated rings. The summed E-state index contributed by atoms with van der Waals surface area (Å²) in [5.74, 6) is 0.868. The van der Waals surface area contributed by atoms with Gasteiger partial charge in [0, 0.05) is 25.0 Å². The molecule has 1 aliphatic rings. The van der Waals surface area contributed by atoms with Crippen molar-refractivity contribution in [3.63, 3.8) is 0 Å². The Kier molecular flexibility index (Phi) is 8.41. The normalized spacial score (nSPS) is 14.7. The standard InChI is InChI=1S/C20H29N5.HI/c1-3-21-20(22-13-12-17-9-5-4-6-10-17)23-14-18-15-25-16(2)8-7-11-19(25)24-18;/h7-9,11,15H,3-6,10,12-14H2,1-2H3,(H2,21,22,23);1H. The summed E-state index contributed by atoms with van der Waals surface area (Å²) in [4.78, 5) is 9.34. The molecule has 3 rings (SSSR count).